The van der Waals surface area contributed by atoms with Gasteiger partial charge in [-0.1, -0.05) is 24.4 Å². The predicted molar refractivity (Wildman–Crippen MR) is 58.4 cm³/mol. The van der Waals surface area contributed by atoms with Crippen molar-refractivity contribution in [1.82, 2.24) is 0 Å². The summed E-state index contributed by atoms with van der Waals surface area (Å²) in [7, 11) is 2.67. The summed E-state index contributed by atoms with van der Waals surface area (Å²) in [5.41, 5.74) is 0. The van der Waals surface area contributed by atoms with Crippen LogP contribution in [0.5, 0.6) is 0 Å². The predicted octanol–water partition coefficient (Wildman–Crippen LogP) is 2.80. The van der Waals surface area contributed by atoms with Crippen LogP contribution in [0.25, 0.3) is 0 Å². The van der Waals surface area contributed by atoms with E-state index in [0.717, 1.165) is 0 Å². The normalized spacial score (nSPS) is 8.75. The molecule has 0 unspecified atom stereocenters. The molecule has 0 saturated carbocycles. The van der Waals surface area contributed by atoms with E-state index in [4.69, 9.17) is 0 Å². The molecule has 0 bridgehead atoms. The van der Waals surface area contributed by atoms with Gasteiger partial charge in [0, 0.05) is 0 Å². The summed E-state index contributed by atoms with van der Waals surface area (Å²) in [6.07, 6.45) is 0. The second-order valence-corrected chi connectivity index (χ2v) is 6.29. The van der Waals surface area contributed by atoms with Crippen molar-refractivity contribution in [3.63, 3.8) is 0 Å². The van der Waals surface area contributed by atoms with E-state index >= 15 is 0 Å². The minimum atomic E-state index is 0.575. The molecule has 0 nitrogen and oxygen atoms in total. The first-order valence-electron chi connectivity index (χ1n) is 1.43. The van der Waals surface area contributed by atoms with E-state index in [9.17, 15) is 0 Å². The zero-order chi connectivity index (χ0) is 6.57. The highest BCUT2D eigenvalue weighted by Gasteiger charge is 1.92. The Morgan fingerprint density at radius 3 is 1.38 bits per heavy atom. The molecule has 0 heterocycles. The molecule has 0 spiro atoms. The van der Waals surface area contributed by atoms with Crippen molar-refractivity contribution in [2.45, 2.75) is 0 Å². The molecule has 0 aliphatic rings. The zero-order valence-corrected chi connectivity index (χ0v) is 8.58. The van der Waals surface area contributed by atoms with Crippen LogP contribution in [-0.2, 0) is 0 Å². The fraction of sp³-hybridized carbons (Fsp3) is 0. The number of hydrogen-bond donors (Lipinski definition) is 2. The maximum Gasteiger partial charge on any atom is 0.112 e. The number of hydrogen-bond acceptors (Lipinski definition) is 4. The van der Waals surface area contributed by atoms with Crippen LogP contribution in [0.1, 0.15) is 0 Å². The lowest BCUT2D eigenvalue weighted by molar-refractivity contribution is 4.16. The Labute approximate surface area is 77.8 Å². The molecule has 0 rings (SSSR count). The molecule has 46 valence electrons. The van der Waals surface area contributed by atoms with Gasteiger partial charge in [-0.15, -0.1) is 25.3 Å². The SMILES string of the molecule is S=C(S)SSC(=S)S. The summed E-state index contributed by atoms with van der Waals surface area (Å²) in [5.74, 6) is 0. The van der Waals surface area contributed by atoms with Crippen LogP contribution in [0.15, 0.2) is 0 Å². The lowest BCUT2D eigenvalue weighted by Gasteiger charge is -1.89. The van der Waals surface area contributed by atoms with E-state index in [1.807, 2.05) is 0 Å². The van der Waals surface area contributed by atoms with Gasteiger partial charge in [0.25, 0.3) is 0 Å². The maximum absolute atomic E-state index is 4.63. The molecular formula is C2H2S6. The Bertz CT molecular complexity index is 91.1. The van der Waals surface area contributed by atoms with E-state index in [1.165, 1.54) is 21.6 Å². The van der Waals surface area contributed by atoms with Crippen molar-refractivity contribution in [3.8, 4) is 0 Å². The Morgan fingerprint density at radius 1 is 1.00 bits per heavy atom. The van der Waals surface area contributed by atoms with Crippen LogP contribution in [0, 0.1) is 0 Å². The van der Waals surface area contributed by atoms with Crippen molar-refractivity contribution in [3.05, 3.63) is 0 Å². The van der Waals surface area contributed by atoms with Crippen molar-refractivity contribution in [1.29, 1.82) is 0 Å². The molecule has 0 aliphatic heterocycles. The first-order valence-corrected chi connectivity index (χ1v) is 5.29. The summed E-state index contributed by atoms with van der Waals surface area (Å²) >= 11 is 17.0. The molecule has 6 heteroatoms. The van der Waals surface area contributed by atoms with Crippen LogP contribution in [0.3, 0.4) is 0 Å². The van der Waals surface area contributed by atoms with Gasteiger partial charge in [0.2, 0.25) is 0 Å². The van der Waals surface area contributed by atoms with Gasteiger partial charge in [0.1, 0.15) is 7.06 Å². The number of thiol groups is 2. The smallest absolute Gasteiger partial charge is 0.112 e. The van der Waals surface area contributed by atoms with Gasteiger partial charge < -0.3 is 0 Å². The highest BCUT2D eigenvalue weighted by molar-refractivity contribution is 8.95. The fourth-order valence-corrected chi connectivity index (χ4v) is 1.92. The zero-order valence-electron chi connectivity index (χ0n) is 3.53. The number of rotatable bonds is 0. The molecule has 0 aromatic rings. The molecule has 0 aromatic carbocycles. The molecule has 8 heavy (non-hydrogen) atoms. The van der Waals surface area contributed by atoms with E-state index in [2.05, 4.69) is 49.7 Å². The Balaban J connectivity index is 3.18. The minimum absolute atomic E-state index is 0.575. The summed E-state index contributed by atoms with van der Waals surface area (Å²) in [4.78, 5) is 0. The van der Waals surface area contributed by atoms with Gasteiger partial charge in [-0.05, 0) is 21.6 Å². The molecule has 0 amide bonds. The van der Waals surface area contributed by atoms with Gasteiger partial charge in [-0.3, -0.25) is 0 Å². The molecule has 0 N–H and O–H groups in total. The average Bonchev–Trinajstić information content (AvgIpc) is 1.61. The van der Waals surface area contributed by atoms with Crippen LogP contribution in [0.2, 0.25) is 0 Å². The van der Waals surface area contributed by atoms with Gasteiger partial charge >= 0.3 is 0 Å². The second kappa shape index (κ2) is 5.37. The summed E-state index contributed by atoms with van der Waals surface area (Å²) in [6.45, 7) is 0. The van der Waals surface area contributed by atoms with E-state index in [-0.39, 0.29) is 0 Å². The fourth-order valence-electron chi connectivity index (χ4n) is 0.0713. The molecule has 0 atom stereocenters. The quantitative estimate of drug-likeness (QED) is 0.364. The molecule has 0 aliphatic carbocycles. The molecule has 0 fully saturated rings. The standard InChI is InChI=1S/C2H2S6/c3-1(4)7-8-2(5)6/h(H,3,4)(H,5,6). The first-order chi connectivity index (χ1) is 3.63. The van der Waals surface area contributed by atoms with E-state index in [0.29, 0.717) is 7.06 Å². The highest BCUT2D eigenvalue weighted by Crippen LogP contribution is 2.27. The van der Waals surface area contributed by atoms with Crippen LogP contribution in [0.4, 0.5) is 0 Å². The summed E-state index contributed by atoms with van der Waals surface area (Å²) < 4.78 is 1.15. The first kappa shape index (κ1) is 9.58. The van der Waals surface area contributed by atoms with Gasteiger partial charge in [-0.2, -0.15) is 0 Å². The van der Waals surface area contributed by atoms with Crippen LogP contribution >= 0.6 is 71.3 Å². The van der Waals surface area contributed by atoms with Crippen molar-refractivity contribution >= 4 is 78.3 Å². The van der Waals surface area contributed by atoms with Crippen molar-refractivity contribution in [2.75, 3.05) is 0 Å². The van der Waals surface area contributed by atoms with E-state index < -0.39 is 0 Å². The third-order valence-corrected chi connectivity index (χ3v) is 4.22. The molecule has 0 aromatic heterocycles. The Kier molecular flexibility index (Phi) is 6.43. The molecule has 0 saturated heterocycles. The van der Waals surface area contributed by atoms with Gasteiger partial charge in [0.05, 0.1) is 0 Å². The topological polar surface area (TPSA) is 0 Å². The van der Waals surface area contributed by atoms with Crippen LogP contribution < -0.4 is 0 Å². The summed E-state index contributed by atoms with van der Waals surface area (Å²) in [5, 5.41) is 0. The lowest BCUT2D eigenvalue weighted by Crippen LogP contribution is -1.68. The minimum Gasteiger partial charge on any atom is -0.124 e. The lowest BCUT2D eigenvalue weighted by atomic mass is 11.9. The largest absolute Gasteiger partial charge is 0.124 e. The third kappa shape index (κ3) is 7.58. The van der Waals surface area contributed by atoms with Gasteiger partial charge in [-0.25, -0.2) is 0 Å². The average molecular weight is 218 g/mol. The van der Waals surface area contributed by atoms with Crippen LogP contribution in [-0.4, -0.2) is 7.06 Å². The number of thiocarbonyl (C=S) groups is 2. The maximum atomic E-state index is 4.63. The molecule has 0 radical (unpaired) electrons. The second-order valence-electron chi connectivity index (χ2n) is 0.698. The molecular weight excluding hydrogens is 216 g/mol. The van der Waals surface area contributed by atoms with Crippen molar-refractivity contribution in [2.24, 2.45) is 0 Å². The third-order valence-electron chi connectivity index (χ3n) is 0.184. The Hall–Kier alpha value is 1.58. The van der Waals surface area contributed by atoms with Crippen molar-refractivity contribution < 1.29 is 0 Å². The monoisotopic (exact) mass is 218 g/mol. The van der Waals surface area contributed by atoms with E-state index in [1.54, 1.807) is 0 Å². The summed E-state index contributed by atoms with van der Waals surface area (Å²) in [6, 6.07) is 0. The highest BCUT2D eigenvalue weighted by atomic mass is 33.1. The Morgan fingerprint density at radius 2 is 1.25 bits per heavy atom. The van der Waals surface area contributed by atoms with Gasteiger partial charge in [0.15, 0.2) is 0 Å².